The highest BCUT2D eigenvalue weighted by molar-refractivity contribution is 9.10. The molecular formula is C15H22BrNO2S. The van der Waals surface area contributed by atoms with Crippen molar-refractivity contribution in [1.29, 1.82) is 0 Å². The number of rotatable bonds is 5. The van der Waals surface area contributed by atoms with Gasteiger partial charge >= 0.3 is 0 Å². The fraction of sp³-hybridized carbons (Fsp3) is 0.600. The number of hydrogen-bond donors (Lipinski definition) is 1. The summed E-state index contributed by atoms with van der Waals surface area (Å²) in [5.74, 6) is 0.343. The fourth-order valence-electron chi connectivity index (χ4n) is 2.93. The number of likely N-dealkylation sites (N-methyl/N-ethyl adjacent to an activating group) is 1. The van der Waals surface area contributed by atoms with Crippen LogP contribution in [0.15, 0.2) is 28.7 Å². The summed E-state index contributed by atoms with van der Waals surface area (Å²) in [6, 6.07) is 8.05. The molecule has 0 amide bonds. The summed E-state index contributed by atoms with van der Waals surface area (Å²) >= 11 is 3.55. The third-order valence-corrected chi connectivity index (χ3v) is 7.06. The van der Waals surface area contributed by atoms with Crippen LogP contribution in [0.25, 0.3) is 0 Å². The van der Waals surface area contributed by atoms with Gasteiger partial charge in [-0.15, -0.1) is 0 Å². The Morgan fingerprint density at radius 2 is 2.10 bits per heavy atom. The van der Waals surface area contributed by atoms with Crippen LogP contribution in [0, 0.1) is 0 Å². The van der Waals surface area contributed by atoms with Gasteiger partial charge in [-0.2, -0.15) is 0 Å². The molecule has 0 bridgehead atoms. The van der Waals surface area contributed by atoms with E-state index in [-0.39, 0.29) is 11.3 Å². The second-order valence-corrected chi connectivity index (χ2v) is 8.55. The molecule has 2 unspecified atom stereocenters. The lowest BCUT2D eigenvalue weighted by Gasteiger charge is -2.31. The number of nitrogens with one attached hydrogen (secondary N) is 1. The second-order valence-electron chi connectivity index (χ2n) is 5.36. The summed E-state index contributed by atoms with van der Waals surface area (Å²) in [7, 11) is -2.96. The van der Waals surface area contributed by atoms with E-state index in [9.17, 15) is 8.42 Å². The lowest BCUT2D eigenvalue weighted by atomic mass is 9.99. The van der Waals surface area contributed by atoms with Crippen LogP contribution in [-0.4, -0.2) is 32.0 Å². The van der Waals surface area contributed by atoms with Crippen molar-refractivity contribution < 1.29 is 8.42 Å². The van der Waals surface area contributed by atoms with Crippen LogP contribution < -0.4 is 5.32 Å². The smallest absolute Gasteiger partial charge is 0.154 e. The highest BCUT2D eigenvalue weighted by atomic mass is 79.9. The van der Waals surface area contributed by atoms with Crippen molar-refractivity contribution in [3.05, 3.63) is 34.3 Å². The molecule has 1 saturated heterocycles. The van der Waals surface area contributed by atoms with E-state index in [0.717, 1.165) is 36.7 Å². The first-order chi connectivity index (χ1) is 9.54. The van der Waals surface area contributed by atoms with E-state index in [1.165, 1.54) is 5.56 Å². The Bertz CT molecular complexity index is 545. The van der Waals surface area contributed by atoms with Crippen LogP contribution in [0.3, 0.4) is 0 Å². The molecule has 2 rings (SSSR count). The molecule has 1 aromatic rings. The number of sulfone groups is 1. The number of halogens is 1. The first-order valence-electron chi connectivity index (χ1n) is 7.23. The normalized spacial score (nSPS) is 23.4. The van der Waals surface area contributed by atoms with Gasteiger partial charge < -0.3 is 5.32 Å². The average molecular weight is 360 g/mol. The van der Waals surface area contributed by atoms with Gasteiger partial charge in [0.15, 0.2) is 9.84 Å². The van der Waals surface area contributed by atoms with Gasteiger partial charge in [0.05, 0.1) is 11.0 Å². The van der Waals surface area contributed by atoms with Gasteiger partial charge in [0.25, 0.3) is 0 Å². The lowest BCUT2D eigenvalue weighted by Crippen LogP contribution is -2.47. The highest BCUT2D eigenvalue weighted by Gasteiger charge is 2.35. The van der Waals surface area contributed by atoms with Crippen LogP contribution >= 0.6 is 15.9 Å². The van der Waals surface area contributed by atoms with Crippen molar-refractivity contribution in [3.63, 3.8) is 0 Å². The Balaban J connectivity index is 2.20. The van der Waals surface area contributed by atoms with Crippen molar-refractivity contribution in [3.8, 4) is 0 Å². The standard InChI is InChI=1S/C15H22BrNO2S/c1-2-17-14(11-12-7-3-4-8-13(12)16)15-9-5-6-10-20(15,18)19/h3-4,7-8,14-15,17H,2,5-6,9-11H2,1H3. The van der Waals surface area contributed by atoms with Gasteiger partial charge in [0.2, 0.25) is 0 Å². The Labute approximate surface area is 130 Å². The summed E-state index contributed by atoms with van der Waals surface area (Å²) in [5, 5.41) is 3.14. The van der Waals surface area contributed by atoms with E-state index >= 15 is 0 Å². The van der Waals surface area contributed by atoms with Crippen molar-refractivity contribution >= 4 is 25.8 Å². The van der Waals surface area contributed by atoms with Crippen LogP contribution in [0.2, 0.25) is 0 Å². The molecule has 0 aliphatic carbocycles. The Morgan fingerprint density at radius 3 is 2.75 bits per heavy atom. The third-order valence-electron chi connectivity index (χ3n) is 3.94. The Kier molecular flexibility index (Phi) is 5.64. The maximum Gasteiger partial charge on any atom is 0.154 e. The van der Waals surface area contributed by atoms with Gasteiger partial charge in [-0.05, 0) is 37.4 Å². The predicted molar refractivity (Wildman–Crippen MR) is 86.7 cm³/mol. The molecule has 5 heteroatoms. The first-order valence-corrected chi connectivity index (χ1v) is 9.74. The first kappa shape index (κ1) is 16.0. The Morgan fingerprint density at radius 1 is 1.35 bits per heavy atom. The molecule has 112 valence electrons. The van der Waals surface area contributed by atoms with E-state index in [2.05, 4.69) is 27.3 Å². The Hall–Kier alpha value is -0.390. The zero-order valence-corrected chi connectivity index (χ0v) is 14.2. The molecule has 1 aromatic carbocycles. The lowest BCUT2D eigenvalue weighted by molar-refractivity contribution is 0.440. The quantitative estimate of drug-likeness (QED) is 0.878. The number of benzene rings is 1. The topological polar surface area (TPSA) is 46.2 Å². The zero-order chi connectivity index (χ0) is 14.6. The minimum Gasteiger partial charge on any atom is -0.313 e. The summed E-state index contributed by atoms with van der Waals surface area (Å²) < 4.78 is 25.7. The minimum atomic E-state index is -2.96. The van der Waals surface area contributed by atoms with Gasteiger partial charge in [-0.25, -0.2) is 8.42 Å². The van der Waals surface area contributed by atoms with Gasteiger partial charge in [0.1, 0.15) is 0 Å². The molecular weight excluding hydrogens is 338 g/mol. The molecule has 1 aliphatic rings. The van der Waals surface area contributed by atoms with E-state index in [4.69, 9.17) is 0 Å². The molecule has 1 fully saturated rings. The largest absolute Gasteiger partial charge is 0.313 e. The molecule has 0 spiro atoms. The summed E-state index contributed by atoms with van der Waals surface area (Å²) in [4.78, 5) is 0. The van der Waals surface area contributed by atoms with E-state index in [0.29, 0.717) is 5.75 Å². The van der Waals surface area contributed by atoms with Gasteiger partial charge in [-0.1, -0.05) is 47.5 Å². The summed E-state index contributed by atoms with van der Waals surface area (Å²) in [5.41, 5.74) is 1.17. The van der Waals surface area contributed by atoms with Crippen LogP contribution in [0.4, 0.5) is 0 Å². The van der Waals surface area contributed by atoms with Gasteiger partial charge in [0, 0.05) is 10.5 Å². The maximum absolute atomic E-state index is 12.3. The third kappa shape index (κ3) is 3.83. The molecule has 0 saturated carbocycles. The molecule has 1 heterocycles. The van der Waals surface area contributed by atoms with Crippen LogP contribution in [0.1, 0.15) is 31.7 Å². The van der Waals surface area contributed by atoms with E-state index < -0.39 is 9.84 Å². The molecule has 3 nitrogen and oxygen atoms in total. The maximum atomic E-state index is 12.3. The summed E-state index contributed by atoms with van der Waals surface area (Å²) in [6.45, 7) is 2.82. The predicted octanol–water partition coefficient (Wildman–Crippen LogP) is 2.94. The second kappa shape index (κ2) is 7.05. The molecule has 0 radical (unpaired) electrons. The van der Waals surface area contributed by atoms with E-state index in [1.807, 2.05) is 25.1 Å². The monoisotopic (exact) mass is 359 g/mol. The fourth-order valence-corrected chi connectivity index (χ4v) is 5.50. The van der Waals surface area contributed by atoms with E-state index in [1.54, 1.807) is 0 Å². The van der Waals surface area contributed by atoms with Crippen LogP contribution in [-0.2, 0) is 16.3 Å². The zero-order valence-electron chi connectivity index (χ0n) is 11.8. The molecule has 0 aromatic heterocycles. The summed E-state index contributed by atoms with van der Waals surface area (Å²) in [6.07, 6.45) is 3.36. The minimum absolute atomic E-state index is 0.00370. The van der Waals surface area contributed by atoms with Crippen LogP contribution in [0.5, 0.6) is 0 Å². The van der Waals surface area contributed by atoms with Crippen molar-refractivity contribution in [2.45, 2.75) is 43.9 Å². The molecule has 1 aliphatic heterocycles. The average Bonchev–Trinajstić information content (AvgIpc) is 2.40. The SMILES string of the molecule is CCNC(Cc1ccccc1Br)C1CCCCS1(=O)=O. The van der Waals surface area contributed by atoms with Crippen molar-refractivity contribution in [2.24, 2.45) is 0 Å². The van der Waals surface area contributed by atoms with Gasteiger partial charge in [-0.3, -0.25) is 0 Å². The van der Waals surface area contributed by atoms with Crippen molar-refractivity contribution in [1.82, 2.24) is 5.32 Å². The molecule has 1 N–H and O–H groups in total. The molecule has 20 heavy (non-hydrogen) atoms. The molecule has 2 atom stereocenters. The highest BCUT2D eigenvalue weighted by Crippen LogP contribution is 2.26. The van der Waals surface area contributed by atoms with Crippen molar-refractivity contribution in [2.75, 3.05) is 12.3 Å². The number of hydrogen-bond acceptors (Lipinski definition) is 3.